The second-order valence-electron chi connectivity index (χ2n) is 4.58. The third-order valence-electron chi connectivity index (χ3n) is 3.07. The molecule has 0 heterocycles. The fraction of sp³-hybridized carbons (Fsp3) is 0.294. The highest BCUT2D eigenvalue weighted by Gasteiger charge is 2.05. The van der Waals surface area contributed by atoms with E-state index in [2.05, 4.69) is 24.3 Å². The summed E-state index contributed by atoms with van der Waals surface area (Å²) in [6.07, 6.45) is 2.74. The van der Waals surface area contributed by atoms with Crippen LogP contribution in [0.15, 0.2) is 65.6 Å². The van der Waals surface area contributed by atoms with Gasteiger partial charge in [0.05, 0.1) is 6.10 Å². The molecule has 0 bridgehead atoms. The average Bonchev–Trinajstić information content (AvgIpc) is 2.49. The van der Waals surface area contributed by atoms with Crippen molar-refractivity contribution in [2.45, 2.75) is 30.3 Å². The molecule has 0 saturated heterocycles. The minimum absolute atomic E-state index is 0.317. The monoisotopic (exact) mass is 272 g/mol. The fourth-order valence-corrected chi connectivity index (χ4v) is 2.92. The lowest BCUT2D eigenvalue weighted by molar-refractivity contribution is 0.164. The molecular formula is C17H20OS. The van der Waals surface area contributed by atoms with Crippen LogP contribution in [-0.4, -0.2) is 10.9 Å². The Morgan fingerprint density at radius 1 is 0.842 bits per heavy atom. The molecule has 0 fully saturated rings. The smallest absolute Gasteiger partial charge is 0.0790 e. The van der Waals surface area contributed by atoms with Crippen LogP contribution in [0.5, 0.6) is 0 Å². The summed E-state index contributed by atoms with van der Waals surface area (Å²) in [5.74, 6) is 1.12. The highest BCUT2D eigenvalue weighted by Crippen LogP contribution is 2.22. The third-order valence-corrected chi connectivity index (χ3v) is 4.17. The van der Waals surface area contributed by atoms with Crippen LogP contribution in [-0.2, 0) is 0 Å². The fourth-order valence-electron chi connectivity index (χ4n) is 1.99. The molecule has 100 valence electrons. The zero-order valence-corrected chi connectivity index (χ0v) is 11.9. The maximum absolute atomic E-state index is 10.0. The number of benzene rings is 2. The van der Waals surface area contributed by atoms with Gasteiger partial charge in [0.25, 0.3) is 0 Å². The van der Waals surface area contributed by atoms with Gasteiger partial charge in [0.15, 0.2) is 0 Å². The molecule has 2 rings (SSSR count). The molecule has 0 radical (unpaired) electrons. The Balaban J connectivity index is 1.62. The minimum Gasteiger partial charge on any atom is -0.388 e. The summed E-state index contributed by atoms with van der Waals surface area (Å²) < 4.78 is 0. The minimum atomic E-state index is -0.317. The van der Waals surface area contributed by atoms with E-state index >= 15 is 0 Å². The Morgan fingerprint density at radius 3 is 2.16 bits per heavy atom. The van der Waals surface area contributed by atoms with Crippen molar-refractivity contribution in [2.75, 3.05) is 5.75 Å². The van der Waals surface area contributed by atoms with Gasteiger partial charge < -0.3 is 5.11 Å². The molecule has 2 aromatic carbocycles. The lowest BCUT2D eigenvalue weighted by Gasteiger charge is -2.10. The first-order valence-electron chi connectivity index (χ1n) is 6.77. The van der Waals surface area contributed by atoms with E-state index in [4.69, 9.17) is 0 Å². The maximum atomic E-state index is 10.0. The number of aliphatic hydroxyl groups excluding tert-OH is 1. The van der Waals surface area contributed by atoms with Crippen molar-refractivity contribution >= 4 is 11.8 Å². The van der Waals surface area contributed by atoms with E-state index in [0.717, 1.165) is 30.6 Å². The standard InChI is InChI=1S/C17H20OS/c18-17(15-9-3-1-4-10-15)13-7-8-14-19-16-11-5-2-6-12-16/h1-6,9-12,17-18H,7-8,13-14H2. The summed E-state index contributed by atoms with van der Waals surface area (Å²) in [4.78, 5) is 1.33. The molecule has 1 atom stereocenters. The number of hydrogen-bond acceptors (Lipinski definition) is 2. The number of hydrogen-bond donors (Lipinski definition) is 1. The zero-order valence-electron chi connectivity index (χ0n) is 11.0. The van der Waals surface area contributed by atoms with Gasteiger partial charge >= 0.3 is 0 Å². The van der Waals surface area contributed by atoms with Gasteiger partial charge in [0.1, 0.15) is 0 Å². The van der Waals surface area contributed by atoms with Crippen LogP contribution in [0.25, 0.3) is 0 Å². The summed E-state index contributed by atoms with van der Waals surface area (Å²) in [5.41, 5.74) is 1.03. The van der Waals surface area contributed by atoms with Crippen LogP contribution in [0.1, 0.15) is 30.9 Å². The molecule has 2 aromatic rings. The lowest BCUT2D eigenvalue weighted by atomic mass is 10.0. The first-order valence-corrected chi connectivity index (χ1v) is 7.75. The first kappa shape index (κ1) is 14.2. The van der Waals surface area contributed by atoms with E-state index in [-0.39, 0.29) is 6.10 Å². The predicted octanol–water partition coefficient (Wildman–Crippen LogP) is 4.68. The highest BCUT2D eigenvalue weighted by atomic mass is 32.2. The Hall–Kier alpha value is -1.25. The van der Waals surface area contributed by atoms with Crippen molar-refractivity contribution in [3.05, 3.63) is 66.2 Å². The molecule has 0 aromatic heterocycles. The topological polar surface area (TPSA) is 20.2 Å². The average molecular weight is 272 g/mol. The van der Waals surface area contributed by atoms with E-state index in [1.165, 1.54) is 4.90 Å². The number of rotatable bonds is 7. The SMILES string of the molecule is OC(CCCCSc1ccccc1)c1ccccc1. The summed E-state index contributed by atoms with van der Waals surface area (Å²) in [6.45, 7) is 0. The van der Waals surface area contributed by atoms with Gasteiger partial charge in [-0.25, -0.2) is 0 Å². The van der Waals surface area contributed by atoms with Gasteiger partial charge in [-0.2, -0.15) is 0 Å². The van der Waals surface area contributed by atoms with E-state index in [1.54, 1.807) is 0 Å². The quantitative estimate of drug-likeness (QED) is 0.583. The van der Waals surface area contributed by atoms with E-state index in [0.29, 0.717) is 0 Å². The second-order valence-corrected chi connectivity index (χ2v) is 5.75. The van der Waals surface area contributed by atoms with Crippen molar-refractivity contribution < 1.29 is 5.11 Å². The van der Waals surface area contributed by atoms with E-state index in [9.17, 15) is 5.11 Å². The zero-order chi connectivity index (χ0) is 13.3. The van der Waals surface area contributed by atoms with Crippen LogP contribution in [0.3, 0.4) is 0 Å². The normalized spacial score (nSPS) is 12.3. The molecule has 0 saturated carbocycles. The summed E-state index contributed by atoms with van der Waals surface area (Å²) >= 11 is 1.89. The third kappa shape index (κ3) is 5.09. The van der Waals surface area contributed by atoms with Gasteiger partial charge in [-0.3, -0.25) is 0 Å². The molecule has 0 spiro atoms. The lowest BCUT2D eigenvalue weighted by Crippen LogP contribution is -1.97. The number of unbranched alkanes of at least 4 members (excludes halogenated alkanes) is 1. The Kier molecular flexibility index (Phi) is 5.99. The molecular weight excluding hydrogens is 252 g/mol. The molecule has 0 aliphatic heterocycles. The first-order chi connectivity index (χ1) is 9.36. The molecule has 1 N–H and O–H groups in total. The molecule has 1 unspecified atom stereocenters. The molecule has 0 aliphatic carbocycles. The van der Waals surface area contributed by atoms with Gasteiger partial charge in [-0.15, -0.1) is 11.8 Å². The Labute approximate surface area is 119 Å². The molecule has 2 heteroatoms. The van der Waals surface area contributed by atoms with Crippen molar-refractivity contribution in [3.8, 4) is 0 Å². The number of aliphatic hydroxyl groups is 1. The largest absolute Gasteiger partial charge is 0.388 e. The van der Waals surface area contributed by atoms with Crippen LogP contribution >= 0.6 is 11.8 Å². The summed E-state index contributed by atoms with van der Waals surface area (Å²) in [6, 6.07) is 20.4. The maximum Gasteiger partial charge on any atom is 0.0790 e. The van der Waals surface area contributed by atoms with Gasteiger partial charge in [-0.05, 0) is 42.7 Å². The second kappa shape index (κ2) is 8.03. The highest BCUT2D eigenvalue weighted by molar-refractivity contribution is 7.99. The van der Waals surface area contributed by atoms with E-state index in [1.807, 2.05) is 48.2 Å². The van der Waals surface area contributed by atoms with Crippen LogP contribution in [0.2, 0.25) is 0 Å². The molecule has 1 nitrogen and oxygen atoms in total. The summed E-state index contributed by atoms with van der Waals surface area (Å²) in [5, 5.41) is 10.0. The predicted molar refractivity (Wildman–Crippen MR) is 82.4 cm³/mol. The van der Waals surface area contributed by atoms with Gasteiger partial charge in [0, 0.05) is 4.90 Å². The van der Waals surface area contributed by atoms with Crippen LogP contribution in [0.4, 0.5) is 0 Å². The Morgan fingerprint density at radius 2 is 1.47 bits per heavy atom. The van der Waals surface area contributed by atoms with Gasteiger partial charge in [0.2, 0.25) is 0 Å². The molecule has 19 heavy (non-hydrogen) atoms. The van der Waals surface area contributed by atoms with Crippen molar-refractivity contribution in [1.29, 1.82) is 0 Å². The van der Waals surface area contributed by atoms with Crippen LogP contribution in [0, 0.1) is 0 Å². The number of thioether (sulfide) groups is 1. The van der Waals surface area contributed by atoms with Crippen LogP contribution < -0.4 is 0 Å². The Bertz CT molecular complexity index is 455. The van der Waals surface area contributed by atoms with Crippen molar-refractivity contribution in [1.82, 2.24) is 0 Å². The molecule has 0 aliphatic rings. The van der Waals surface area contributed by atoms with Crippen molar-refractivity contribution in [2.24, 2.45) is 0 Å². The van der Waals surface area contributed by atoms with E-state index < -0.39 is 0 Å². The summed E-state index contributed by atoms with van der Waals surface area (Å²) in [7, 11) is 0. The van der Waals surface area contributed by atoms with Crippen molar-refractivity contribution in [3.63, 3.8) is 0 Å². The van der Waals surface area contributed by atoms with Gasteiger partial charge in [-0.1, -0.05) is 48.5 Å². The molecule has 0 amide bonds.